The molecule has 1 N–H and O–H groups in total. The van der Waals surface area contributed by atoms with E-state index in [0.29, 0.717) is 12.0 Å². The van der Waals surface area contributed by atoms with E-state index in [4.69, 9.17) is 0 Å². The van der Waals surface area contributed by atoms with Crippen LogP contribution in [0.2, 0.25) is 0 Å². The molecule has 0 aliphatic carbocycles. The Morgan fingerprint density at radius 2 is 1.61 bits per heavy atom. The minimum Gasteiger partial charge on any atom is -0.352 e. The Morgan fingerprint density at radius 1 is 0.879 bits per heavy atom. The summed E-state index contributed by atoms with van der Waals surface area (Å²) in [6, 6.07) is 28.2. The molecular weight excluding hydrogens is 434 g/mol. The highest BCUT2D eigenvalue weighted by atomic mass is 32.2. The van der Waals surface area contributed by atoms with E-state index in [2.05, 4.69) is 10.4 Å². The van der Waals surface area contributed by atoms with E-state index in [1.54, 1.807) is 35.1 Å². The van der Waals surface area contributed by atoms with Crippen LogP contribution >= 0.6 is 0 Å². The number of benzene rings is 3. The molecule has 6 nitrogen and oxygen atoms in total. The number of amides is 1. The maximum Gasteiger partial charge on any atom is 0.251 e. The highest BCUT2D eigenvalue weighted by Crippen LogP contribution is 2.22. The first kappa shape index (κ1) is 22.5. The van der Waals surface area contributed by atoms with Crippen LogP contribution in [-0.2, 0) is 15.6 Å². The first-order chi connectivity index (χ1) is 16.0. The number of aromatic nitrogens is 2. The molecule has 0 radical (unpaired) electrons. The number of hydrogen-bond donors (Lipinski definition) is 1. The monoisotopic (exact) mass is 459 g/mol. The molecule has 0 unspecified atom stereocenters. The van der Waals surface area contributed by atoms with Crippen LogP contribution in [0.25, 0.3) is 16.9 Å². The second kappa shape index (κ2) is 10.3. The Hall–Kier alpha value is -3.71. The average molecular weight is 460 g/mol. The van der Waals surface area contributed by atoms with Crippen LogP contribution in [0.5, 0.6) is 0 Å². The van der Waals surface area contributed by atoms with Crippen molar-refractivity contribution in [1.82, 2.24) is 15.1 Å². The quantitative estimate of drug-likeness (QED) is 0.379. The van der Waals surface area contributed by atoms with Crippen molar-refractivity contribution in [3.63, 3.8) is 0 Å². The SMILES string of the molecule is O=C(NCCCS(=O)(=O)Cc1ccccc1)c1cccc(-n2nccc2-c2ccccc2)c1. The van der Waals surface area contributed by atoms with E-state index in [0.717, 1.165) is 22.5 Å². The van der Waals surface area contributed by atoms with Crippen molar-refractivity contribution in [3.8, 4) is 16.9 Å². The molecule has 33 heavy (non-hydrogen) atoms. The molecule has 4 rings (SSSR count). The molecule has 1 amide bonds. The van der Waals surface area contributed by atoms with E-state index in [9.17, 15) is 13.2 Å². The molecule has 7 heteroatoms. The fraction of sp³-hybridized carbons (Fsp3) is 0.154. The van der Waals surface area contributed by atoms with Gasteiger partial charge < -0.3 is 5.32 Å². The maximum atomic E-state index is 12.6. The molecule has 3 aromatic carbocycles. The summed E-state index contributed by atoms with van der Waals surface area (Å²) in [4.78, 5) is 12.6. The fourth-order valence-corrected chi connectivity index (χ4v) is 5.04. The molecule has 0 fully saturated rings. The van der Waals surface area contributed by atoms with Crippen molar-refractivity contribution < 1.29 is 13.2 Å². The zero-order valence-electron chi connectivity index (χ0n) is 18.1. The average Bonchev–Trinajstić information content (AvgIpc) is 3.33. The number of carbonyl (C=O) groups excluding carboxylic acids is 1. The van der Waals surface area contributed by atoms with Gasteiger partial charge in [-0.25, -0.2) is 13.1 Å². The molecule has 0 saturated heterocycles. The minimum atomic E-state index is -3.23. The van der Waals surface area contributed by atoms with E-state index in [1.807, 2.05) is 66.7 Å². The normalized spacial score (nSPS) is 11.3. The minimum absolute atomic E-state index is 0.0114. The zero-order valence-corrected chi connectivity index (χ0v) is 18.9. The van der Waals surface area contributed by atoms with Gasteiger partial charge in [0.2, 0.25) is 0 Å². The fourth-order valence-electron chi connectivity index (χ4n) is 3.61. The van der Waals surface area contributed by atoms with Crippen molar-refractivity contribution in [3.05, 3.63) is 108 Å². The van der Waals surface area contributed by atoms with Crippen molar-refractivity contribution in [1.29, 1.82) is 0 Å². The van der Waals surface area contributed by atoms with Crippen LogP contribution < -0.4 is 5.32 Å². The van der Waals surface area contributed by atoms with Crippen molar-refractivity contribution in [2.24, 2.45) is 0 Å². The third-order valence-corrected chi connectivity index (χ3v) is 6.90. The molecule has 0 bridgehead atoms. The topological polar surface area (TPSA) is 81.1 Å². The van der Waals surface area contributed by atoms with Crippen LogP contribution in [0.3, 0.4) is 0 Å². The van der Waals surface area contributed by atoms with Gasteiger partial charge in [0, 0.05) is 17.7 Å². The molecule has 4 aromatic rings. The van der Waals surface area contributed by atoms with Gasteiger partial charge in [0.15, 0.2) is 9.84 Å². The summed E-state index contributed by atoms with van der Waals surface area (Å²) in [7, 11) is -3.23. The summed E-state index contributed by atoms with van der Waals surface area (Å²) in [5, 5.41) is 7.24. The predicted octanol–water partition coefficient (Wildman–Crippen LogP) is 4.27. The Balaban J connectivity index is 1.36. The Kier molecular flexibility index (Phi) is 7.00. The predicted molar refractivity (Wildman–Crippen MR) is 130 cm³/mol. The summed E-state index contributed by atoms with van der Waals surface area (Å²) in [5.41, 5.74) is 4.00. The summed E-state index contributed by atoms with van der Waals surface area (Å²) in [6.45, 7) is 0.286. The van der Waals surface area contributed by atoms with Gasteiger partial charge in [-0.1, -0.05) is 66.7 Å². The lowest BCUT2D eigenvalue weighted by Gasteiger charge is -2.10. The van der Waals surface area contributed by atoms with Gasteiger partial charge in [-0.05, 0) is 36.2 Å². The molecule has 1 heterocycles. The first-order valence-corrected chi connectivity index (χ1v) is 12.6. The summed E-state index contributed by atoms with van der Waals surface area (Å²) in [5.74, 6) is -0.210. The molecule has 0 aliphatic heterocycles. The third kappa shape index (κ3) is 5.96. The Labute approximate surface area is 193 Å². The van der Waals surface area contributed by atoms with Gasteiger partial charge >= 0.3 is 0 Å². The van der Waals surface area contributed by atoms with E-state index in [1.165, 1.54) is 0 Å². The van der Waals surface area contributed by atoms with E-state index in [-0.39, 0.29) is 24.0 Å². The largest absolute Gasteiger partial charge is 0.352 e. The first-order valence-electron chi connectivity index (χ1n) is 10.7. The lowest BCUT2D eigenvalue weighted by atomic mass is 10.1. The van der Waals surface area contributed by atoms with Crippen LogP contribution in [0.15, 0.2) is 97.2 Å². The van der Waals surface area contributed by atoms with Gasteiger partial charge in [0.1, 0.15) is 0 Å². The second-order valence-corrected chi connectivity index (χ2v) is 9.92. The van der Waals surface area contributed by atoms with Gasteiger partial charge in [0.05, 0.1) is 29.1 Å². The number of nitrogens with one attached hydrogen (secondary N) is 1. The smallest absolute Gasteiger partial charge is 0.251 e. The lowest BCUT2D eigenvalue weighted by Crippen LogP contribution is -2.26. The standard InChI is InChI=1S/C26H25N3O3S/c30-26(27-16-8-18-33(31,32)20-21-9-3-1-4-10-21)23-13-7-14-24(19-23)29-25(15-17-28-29)22-11-5-2-6-12-22/h1-7,9-15,17,19H,8,16,18,20H2,(H,27,30). The summed E-state index contributed by atoms with van der Waals surface area (Å²) >= 11 is 0. The number of sulfone groups is 1. The number of rotatable bonds is 9. The van der Waals surface area contributed by atoms with Gasteiger partial charge in [-0.2, -0.15) is 5.10 Å². The number of nitrogens with zero attached hydrogens (tertiary/aromatic N) is 2. The highest BCUT2D eigenvalue weighted by molar-refractivity contribution is 7.90. The molecule has 0 saturated carbocycles. The van der Waals surface area contributed by atoms with Crippen molar-refractivity contribution in [2.45, 2.75) is 12.2 Å². The zero-order chi connectivity index (χ0) is 23.1. The van der Waals surface area contributed by atoms with Crippen LogP contribution in [0, 0.1) is 0 Å². The van der Waals surface area contributed by atoms with Crippen LogP contribution in [0.1, 0.15) is 22.3 Å². The van der Waals surface area contributed by atoms with Crippen molar-refractivity contribution >= 4 is 15.7 Å². The molecular formula is C26H25N3O3S. The number of carbonyl (C=O) groups is 1. The van der Waals surface area contributed by atoms with Crippen LogP contribution in [-0.4, -0.2) is 36.4 Å². The van der Waals surface area contributed by atoms with Gasteiger partial charge in [-0.3, -0.25) is 4.79 Å². The molecule has 0 atom stereocenters. The van der Waals surface area contributed by atoms with E-state index >= 15 is 0 Å². The molecule has 0 spiro atoms. The third-order valence-electron chi connectivity index (χ3n) is 5.21. The lowest BCUT2D eigenvalue weighted by molar-refractivity contribution is 0.0953. The summed E-state index contributed by atoms with van der Waals surface area (Å²) in [6.07, 6.45) is 2.09. The Morgan fingerprint density at radius 3 is 2.36 bits per heavy atom. The molecule has 0 aliphatic rings. The second-order valence-electron chi connectivity index (χ2n) is 7.73. The number of hydrogen-bond acceptors (Lipinski definition) is 4. The van der Waals surface area contributed by atoms with Crippen molar-refractivity contribution in [2.75, 3.05) is 12.3 Å². The van der Waals surface area contributed by atoms with Gasteiger partial charge in [-0.15, -0.1) is 0 Å². The highest BCUT2D eigenvalue weighted by Gasteiger charge is 2.13. The molecule has 1 aromatic heterocycles. The summed E-state index contributed by atoms with van der Waals surface area (Å²) < 4.78 is 26.4. The Bertz CT molecular complexity index is 1320. The van der Waals surface area contributed by atoms with Gasteiger partial charge in [0.25, 0.3) is 5.91 Å². The molecule has 168 valence electrons. The maximum absolute atomic E-state index is 12.6. The van der Waals surface area contributed by atoms with E-state index < -0.39 is 9.84 Å². The van der Waals surface area contributed by atoms with Crippen LogP contribution in [0.4, 0.5) is 0 Å².